The number of hydrogen-bond donors (Lipinski definition) is 1. The van der Waals surface area contributed by atoms with Crippen molar-refractivity contribution < 1.29 is 40.3 Å². The minimum atomic E-state index is -5.18. The SMILES string of the molecule is CC(C)(O)Cn1nnnc1C(=O)C[C@@H]1CC[C@@]2(S(=O)(=O)c3ccc(F)cc3)c3ccc(C(C)(F)C(F)(F)F)cc3CC[C@@H]12. The fourth-order valence-electron chi connectivity index (χ4n) is 6.70. The maximum absolute atomic E-state index is 14.9. The number of aliphatic hydroxyl groups is 1. The standard InChI is InChI=1S/C29H31F5N4O4S/c1-26(2,40)16-38-25(35-36-37-38)24(39)15-18-12-13-28(43(41,42)21-8-6-20(30)7-9-21)22(18)10-4-17-14-19(5-11-23(17)28)27(3,31)29(32,33)34/h5-9,11,14,18,22,40H,4,10,12-13,15-16H2,1-3H3/t18-,22-,27?,28-/m0/s1. The van der Waals surface area contributed by atoms with Crippen molar-refractivity contribution in [2.75, 3.05) is 0 Å². The minimum Gasteiger partial charge on any atom is -0.389 e. The smallest absolute Gasteiger partial charge is 0.389 e. The second-order valence-electron chi connectivity index (χ2n) is 12.3. The van der Waals surface area contributed by atoms with Crippen LogP contribution in [0.2, 0.25) is 0 Å². The zero-order valence-electron chi connectivity index (χ0n) is 23.7. The Morgan fingerprint density at radius 1 is 1.07 bits per heavy atom. The van der Waals surface area contributed by atoms with Crippen LogP contribution < -0.4 is 0 Å². The van der Waals surface area contributed by atoms with E-state index in [-0.39, 0.29) is 60.5 Å². The van der Waals surface area contributed by atoms with Crippen molar-refractivity contribution >= 4 is 15.6 Å². The van der Waals surface area contributed by atoms with Crippen LogP contribution in [0.3, 0.4) is 0 Å². The van der Waals surface area contributed by atoms with E-state index < -0.39 is 61.0 Å². The second-order valence-corrected chi connectivity index (χ2v) is 14.5. The molecular formula is C29H31F5N4O4S. The highest BCUT2D eigenvalue weighted by atomic mass is 32.2. The monoisotopic (exact) mass is 626 g/mol. The average Bonchev–Trinajstić information content (AvgIpc) is 3.52. The molecule has 0 spiro atoms. The zero-order chi connectivity index (χ0) is 31.6. The van der Waals surface area contributed by atoms with E-state index in [0.29, 0.717) is 6.92 Å². The molecule has 0 radical (unpaired) electrons. The largest absolute Gasteiger partial charge is 0.426 e. The number of ketones is 1. The van der Waals surface area contributed by atoms with Crippen molar-refractivity contribution in [1.29, 1.82) is 0 Å². The van der Waals surface area contributed by atoms with Crippen LogP contribution in [0.1, 0.15) is 73.8 Å². The molecule has 14 heteroatoms. The normalized spacial score (nSPS) is 23.8. The predicted molar refractivity (Wildman–Crippen MR) is 144 cm³/mol. The first-order valence-electron chi connectivity index (χ1n) is 13.8. The summed E-state index contributed by atoms with van der Waals surface area (Å²) in [7, 11) is -4.29. The van der Waals surface area contributed by atoms with Gasteiger partial charge in [0.05, 0.1) is 17.0 Å². The van der Waals surface area contributed by atoms with Crippen LogP contribution in [-0.2, 0) is 33.2 Å². The van der Waals surface area contributed by atoms with Gasteiger partial charge in [-0.15, -0.1) is 5.10 Å². The van der Waals surface area contributed by atoms with Crippen LogP contribution in [0.25, 0.3) is 0 Å². The van der Waals surface area contributed by atoms with Gasteiger partial charge in [-0.3, -0.25) is 4.79 Å². The van der Waals surface area contributed by atoms with Crippen LogP contribution in [0, 0.1) is 17.7 Å². The molecule has 2 aromatic carbocycles. The van der Waals surface area contributed by atoms with E-state index in [4.69, 9.17) is 0 Å². The van der Waals surface area contributed by atoms with Gasteiger partial charge in [0.2, 0.25) is 17.3 Å². The van der Waals surface area contributed by atoms with E-state index in [1.807, 2.05) is 0 Å². The highest BCUT2D eigenvalue weighted by Crippen LogP contribution is 2.60. The first kappa shape index (κ1) is 31.2. The van der Waals surface area contributed by atoms with Crippen molar-refractivity contribution in [3.8, 4) is 0 Å². The molecule has 3 aromatic rings. The van der Waals surface area contributed by atoms with Crippen LogP contribution in [0.5, 0.6) is 0 Å². The van der Waals surface area contributed by atoms with Gasteiger partial charge in [0.1, 0.15) is 10.6 Å². The Balaban J connectivity index is 1.58. The highest BCUT2D eigenvalue weighted by molar-refractivity contribution is 7.92. The lowest BCUT2D eigenvalue weighted by molar-refractivity contribution is -0.228. The summed E-state index contributed by atoms with van der Waals surface area (Å²) in [6, 6.07) is 7.64. The summed E-state index contributed by atoms with van der Waals surface area (Å²) < 4.78 is 97.7. The number of carbonyl (C=O) groups excluding carboxylic acids is 1. The number of hydrogen-bond acceptors (Lipinski definition) is 7. The number of rotatable bonds is 8. The Bertz CT molecular complexity index is 1650. The topological polar surface area (TPSA) is 115 Å². The third kappa shape index (κ3) is 5.26. The third-order valence-electron chi connectivity index (χ3n) is 8.78. The van der Waals surface area contributed by atoms with E-state index in [1.165, 1.54) is 24.6 Å². The van der Waals surface area contributed by atoms with Gasteiger partial charge in [-0.2, -0.15) is 13.2 Å². The van der Waals surface area contributed by atoms with E-state index >= 15 is 0 Å². The van der Waals surface area contributed by atoms with Crippen molar-refractivity contribution in [2.45, 2.75) is 86.5 Å². The summed E-state index contributed by atoms with van der Waals surface area (Å²) in [6.45, 7) is 3.42. The lowest BCUT2D eigenvalue weighted by Gasteiger charge is -2.42. The molecule has 232 valence electrons. The molecule has 5 rings (SSSR count). The summed E-state index contributed by atoms with van der Waals surface area (Å²) in [4.78, 5) is 13.3. The molecule has 2 aliphatic carbocycles. The molecule has 43 heavy (non-hydrogen) atoms. The number of halogens is 5. The van der Waals surface area contributed by atoms with Gasteiger partial charge in [-0.25, -0.2) is 21.9 Å². The van der Waals surface area contributed by atoms with Gasteiger partial charge in [0.15, 0.2) is 9.84 Å². The van der Waals surface area contributed by atoms with Crippen LogP contribution in [0.4, 0.5) is 22.0 Å². The Morgan fingerprint density at radius 2 is 1.74 bits per heavy atom. The van der Waals surface area contributed by atoms with Gasteiger partial charge in [-0.05, 0) is 110 Å². The number of aryl methyl sites for hydroxylation is 1. The number of benzene rings is 2. The Morgan fingerprint density at radius 3 is 2.37 bits per heavy atom. The van der Waals surface area contributed by atoms with Crippen molar-refractivity contribution in [1.82, 2.24) is 20.2 Å². The molecule has 8 nitrogen and oxygen atoms in total. The fourth-order valence-corrected chi connectivity index (χ4v) is 9.20. The predicted octanol–water partition coefficient (Wildman–Crippen LogP) is 5.24. The molecule has 0 aliphatic heterocycles. The first-order chi connectivity index (χ1) is 19.9. The lowest BCUT2D eigenvalue weighted by atomic mass is 9.72. The molecule has 0 saturated heterocycles. The van der Waals surface area contributed by atoms with Crippen molar-refractivity contribution in [3.63, 3.8) is 0 Å². The second kappa shape index (κ2) is 10.4. The number of fused-ring (bicyclic) bond motifs is 3. The summed E-state index contributed by atoms with van der Waals surface area (Å²) in [6.07, 6.45) is -4.59. The number of tetrazole rings is 1. The lowest BCUT2D eigenvalue weighted by Crippen LogP contribution is -2.45. The van der Waals surface area contributed by atoms with Gasteiger partial charge in [0.25, 0.3) is 0 Å². The third-order valence-corrected chi connectivity index (χ3v) is 11.4. The Labute approximate surface area is 245 Å². The van der Waals surface area contributed by atoms with E-state index in [9.17, 15) is 40.3 Å². The van der Waals surface area contributed by atoms with Gasteiger partial charge in [0, 0.05) is 6.42 Å². The maximum atomic E-state index is 14.9. The van der Waals surface area contributed by atoms with Gasteiger partial charge < -0.3 is 5.11 Å². The Hall–Kier alpha value is -3.26. The van der Waals surface area contributed by atoms with Crippen molar-refractivity contribution in [3.05, 3.63) is 70.8 Å². The molecule has 4 atom stereocenters. The van der Waals surface area contributed by atoms with Crippen LogP contribution in [0.15, 0.2) is 47.4 Å². The quantitative estimate of drug-likeness (QED) is 0.207. The number of Topliss-reactive ketones (excluding diaryl/α,β-unsaturated/α-hetero) is 1. The molecule has 1 heterocycles. The minimum absolute atomic E-state index is 0.0441. The van der Waals surface area contributed by atoms with E-state index in [1.54, 1.807) is 0 Å². The summed E-state index contributed by atoms with van der Waals surface area (Å²) in [5, 5.41) is 21.3. The molecule has 1 aromatic heterocycles. The molecule has 1 N–H and O–H groups in total. The summed E-state index contributed by atoms with van der Waals surface area (Å²) in [5.41, 5.74) is -4.95. The molecule has 0 bridgehead atoms. The number of sulfone groups is 1. The number of nitrogens with zero attached hydrogens (tertiary/aromatic N) is 4. The van der Waals surface area contributed by atoms with E-state index in [0.717, 1.165) is 36.4 Å². The maximum Gasteiger partial charge on any atom is 0.426 e. The van der Waals surface area contributed by atoms with Gasteiger partial charge in [-0.1, -0.05) is 18.2 Å². The van der Waals surface area contributed by atoms with Gasteiger partial charge >= 0.3 is 6.18 Å². The molecule has 1 saturated carbocycles. The first-order valence-corrected chi connectivity index (χ1v) is 15.3. The fraction of sp³-hybridized carbons (Fsp3) is 0.517. The highest BCUT2D eigenvalue weighted by Gasteiger charge is 2.61. The van der Waals surface area contributed by atoms with Crippen molar-refractivity contribution in [2.24, 2.45) is 11.8 Å². The number of alkyl halides is 4. The molecule has 1 unspecified atom stereocenters. The zero-order valence-corrected chi connectivity index (χ0v) is 24.5. The summed E-state index contributed by atoms with van der Waals surface area (Å²) >= 11 is 0. The molecule has 2 aliphatic rings. The summed E-state index contributed by atoms with van der Waals surface area (Å²) in [5.74, 6) is -2.29. The van der Waals surface area contributed by atoms with Crippen LogP contribution >= 0.6 is 0 Å². The average molecular weight is 627 g/mol. The van der Waals surface area contributed by atoms with Crippen LogP contribution in [-0.4, -0.2) is 51.3 Å². The molecular weight excluding hydrogens is 595 g/mol. The number of aromatic nitrogens is 4. The van der Waals surface area contributed by atoms with E-state index in [2.05, 4.69) is 15.5 Å². The molecule has 0 amide bonds. The Kier molecular flexibility index (Phi) is 7.56. The molecule has 1 fully saturated rings. The number of carbonyl (C=O) groups is 1.